The topological polar surface area (TPSA) is 124 Å². The van der Waals surface area contributed by atoms with Crippen molar-refractivity contribution in [2.24, 2.45) is 0 Å². The number of carbonyl (C=O) groups excluding carboxylic acids is 2. The van der Waals surface area contributed by atoms with Gasteiger partial charge in [0.25, 0.3) is 10.0 Å². The zero-order valence-electron chi connectivity index (χ0n) is 22.2. The number of halogens is 2. The third kappa shape index (κ3) is 5.81. The number of carbonyl (C=O) groups is 2. The van der Waals surface area contributed by atoms with Crippen molar-refractivity contribution >= 4 is 56.4 Å². The van der Waals surface area contributed by atoms with Gasteiger partial charge in [0.1, 0.15) is 6.04 Å². The molecule has 3 N–H and O–H groups in total. The van der Waals surface area contributed by atoms with Crippen LogP contribution in [0.2, 0.25) is 10.0 Å². The fourth-order valence-electron chi connectivity index (χ4n) is 4.89. The van der Waals surface area contributed by atoms with E-state index in [0.29, 0.717) is 18.7 Å². The molecule has 41 heavy (non-hydrogen) atoms. The van der Waals surface area contributed by atoms with Crippen LogP contribution in [-0.2, 0) is 26.0 Å². The third-order valence-corrected chi connectivity index (χ3v) is 9.48. The Morgan fingerprint density at radius 2 is 1.76 bits per heavy atom. The van der Waals surface area contributed by atoms with Gasteiger partial charge in [0, 0.05) is 17.8 Å². The molecule has 0 bridgehead atoms. The van der Waals surface area contributed by atoms with Crippen molar-refractivity contribution in [3.05, 3.63) is 93.7 Å². The number of aryl methyl sites for hydroxylation is 2. The Balaban J connectivity index is 1.31. The molecule has 0 unspecified atom stereocenters. The van der Waals surface area contributed by atoms with E-state index in [0.717, 1.165) is 32.4 Å². The summed E-state index contributed by atoms with van der Waals surface area (Å²) in [6.45, 7) is 4.23. The van der Waals surface area contributed by atoms with E-state index in [4.69, 9.17) is 23.2 Å². The number of amides is 2. The van der Waals surface area contributed by atoms with Crippen LogP contribution in [0.3, 0.4) is 0 Å². The Bertz CT molecular complexity index is 1720. The molecule has 1 aliphatic heterocycles. The maximum atomic E-state index is 13.8. The van der Waals surface area contributed by atoms with Crippen LogP contribution < -0.4 is 14.9 Å². The Morgan fingerprint density at radius 3 is 2.44 bits per heavy atom. The zero-order chi connectivity index (χ0) is 29.3. The largest absolute Gasteiger partial charge is 0.356 e. The van der Waals surface area contributed by atoms with Crippen molar-refractivity contribution < 1.29 is 18.0 Å². The standard InChI is InChI=1S/C29H27Cl2N5O4S/c1-17-28(18(2)35-34-17)20-9-7-19(8-10-20)13-14-32-27(37)16-26-29(38)33-24-5-3-4-6-25(24)36(26)41(39,40)21-11-12-22(30)23(31)15-21/h3-12,15,26H,13-14,16H2,1-2H3,(H,32,37)(H,33,38)(H,34,35)/t26-/m1/s1. The summed E-state index contributed by atoms with van der Waals surface area (Å²) >= 11 is 12.1. The molecular formula is C29H27Cl2N5O4S. The number of rotatable bonds is 8. The van der Waals surface area contributed by atoms with Gasteiger partial charge in [-0.15, -0.1) is 0 Å². The smallest absolute Gasteiger partial charge is 0.265 e. The van der Waals surface area contributed by atoms with E-state index in [1.54, 1.807) is 24.3 Å². The minimum absolute atomic E-state index is 0.0554. The van der Waals surface area contributed by atoms with Crippen LogP contribution in [0, 0.1) is 13.8 Å². The third-order valence-electron chi connectivity index (χ3n) is 6.92. The number of fused-ring (bicyclic) bond motifs is 1. The fraction of sp³-hybridized carbons (Fsp3) is 0.207. The van der Waals surface area contributed by atoms with Crippen molar-refractivity contribution in [1.82, 2.24) is 15.5 Å². The summed E-state index contributed by atoms with van der Waals surface area (Å²) in [4.78, 5) is 26.0. The number of benzene rings is 3. The Hall–Kier alpha value is -3.86. The molecule has 0 fully saturated rings. The predicted octanol–water partition coefficient (Wildman–Crippen LogP) is 5.27. The molecule has 212 valence electrons. The lowest BCUT2D eigenvalue weighted by Gasteiger charge is -2.36. The molecule has 5 rings (SSSR count). The summed E-state index contributed by atoms with van der Waals surface area (Å²) in [6.07, 6.45) is 0.180. The van der Waals surface area contributed by atoms with Gasteiger partial charge in [0.15, 0.2) is 0 Å². The highest BCUT2D eigenvalue weighted by atomic mass is 35.5. The number of nitrogens with one attached hydrogen (secondary N) is 3. The SMILES string of the molecule is Cc1n[nH]c(C)c1-c1ccc(CCNC(=O)C[C@@H]2C(=O)Nc3ccccc3N2S(=O)(=O)c2ccc(Cl)c(Cl)c2)cc1. The summed E-state index contributed by atoms with van der Waals surface area (Å²) in [6, 6.07) is 17.1. The summed E-state index contributed by atoms with van der Waals surface area (Å²) < 4.78 is 28.6. The van der Waals surface area contributed by atoms with Gasteiger partial charge >= 0.3 is 0 Å². The summed E-state index contributed by atoms with van der Waals surface area (Å²) in [5, 5.41) is 13.0. The van der Waals surface area contributed by atoms with Crippen LogP contribution in [0.5, 0.6) is 0 Å². The van der Waals surface area contributed by atoms with Gasteiger partial charge < -0.3 is 10.6 Å². The maximum absolute atomic E-state index is 13.8. The molecule has 3 aromatic carbocycles. The first-order chi connectivity index (χ1) is 19.6. The minimum atomic E-state index is -4.29. The predicted molar refractivity (Wildman–Crippen MR) is 160 cm³/mol. The first kappa shape index (κ1) is 28.7. The van der Waals surface area contributed by atoms with Crippen LogP contribution in [0.15, 0.2) is 71.6 Å². The summed E-state index contributed by atoms with van der Waals surface area (Å²) in [5.74, 6) is -1.07. The molecule has 0 saturated carbocycles. The van der Waals surface area contributed by atoms with Gasteiger partial charge in [-0.05, 0) is 61.7 Å². The number of anilines is 2. The monoisotopic (exact) mass is 611 g/mol. The highest BCUT2D eigenvalue weighted by Gasteiger charge is 2.42. The average molecular weight is 613 g/mol. The second-order valence-corrected chi connectivity index (χ2v) is 12.3. The number of H-pyrrole nitrogens is 1. The summed E-state index contributed by atoms with van der Waals surface area (Å²) in [7, 11) is -4.29. The average Bonchev–Trinajstić information content (AvgIpc) is 3.28. The van der Waals surface area contributed by atoms with E-state index < -0.39 is 27.9 Å². The Morgan fingerprint density at radius 1 is 1.02 bits per heavy atom. The number of sulfonamides is 1. The van der Waals surface area contributed by atoms with E-state index in [1.807, 2.05) is 38.1 Å². The summed E-state index contributed by atoms with van der Waals surface area (Å²) in [5.41, 5.74) is 5.62. The van der Waals surface area contributed by atoms with Gasteiger partial charge in [-0.3, -0.25) is 19.0 Å². The number of hydrogen-bond acceptors (Lipinski definition) is 5. The Kier molecular flexibility index (Phi) is 8.08. The van der Waals surface area contributed by atoms with Crippen LogP contribution in [0.1, 0.15) is 23.4 Å². The molecule has 2 amide bonds. The molecular weight excluding hydrogens is 585 g/mol. The fourth-order valence-corrected chi connectivity index (χ4v) is 6.91. The lowest BCUT2D eigenvalue weighted by Crippen LogP contribution is -2.52. The van der Waals surface area contributed by atoms with E-state index in [2.05, 4.69) is 20.8 Å². The first-order valence-corrected chi connectivity index (χ1v) is 15.0. The van der Waals surface area contributed by atoms with Gasteiger partial charge in [0.2, 0.25) is 11.8 Å². The maximum Gasteiger partial charge on any atom is 0.265 e. The first-order valence-electron chi connectivity index (χ1n) is 12.8. The quantitative estimate of drug-likeness (QED) is 0.250. The van der Waals surface area contributed by atoms with E-state index in [9.17, 15) is 18.0 Å². The molecule has 0 aliphatic carbocycles. The van der Waals surface area contributed by atoms with Crippen LogP contribution >= 0.6 is 23.2 Å². The van der Waals surface area contributed by atoms with Crippen molar-refractivity contribution in [2.75, 3.05) is 16.2 Å². The molecule has 1 atom stereocenters. The van der Waals surface area contributed by atoms with E-state index >= 15 is 0 Å². The van der Waals surface area contributed by atoms with Crippen molar-refractivity contribution in [3.8, 4) is 11.1 Å². The van der Waals surface area contributed by atoms with Gasteiger partial charge in [-0.2, -0.15) is 5.10 Å². The van der Waals surface area contributed by atoms with Gasteiger partial charge in [0.05, 0.1) is 38.4 Å². The van der Waals surface area contributed by atoms with E-state index in [1.165, 1.54) is 18.2 Å². The highest BCUT2D eigenvalue weighted by Crippen LogP contribution is 2.38. The molecule has 12 heteroatoms. The van der Waals surface area contributed by atoms with Gasteiger partial charge in [-0.25, -0.2) is 8.42 Å². The van der Waals surface area contributed by atoms with E-state index in [-0.39, 0.29) is 27.0 Å². The number of hydrogen-bond donors (Lipinski definition) is 3. The number of nitrogens with zero attached hydrogens (tertiary/aromatic N) is 2. The van der Waals surface area contributed by atoms with Crippen LogP contribution in [-0.4, -0.2) is 43.0 Å². The molecule has 9 nitrogen and oxygen atoms in total. The number of para-hydroxylation sites is 2. The van der Waals surface area contributed by atoms with Crippen molar-refractivity contribution in [1.29, 1.82) is 0 Å². The molecule has 4 aromatic rings. The lowest BCUT2D eigenvalue weighted by atomic mass is 10.0. The lowest BCUT2D eigenvalue weighted by molar-refractivity contribution is -0.125. The van der Waals surface area contributed by atoms with Crippen molar-refractivity contribution in [2.45, 2.75) is 37.6 Å². The number of aromatic amines is 1. The molecule has 0 radical (unpaired) electrons. The minimum Gasteiger partial charge on any atom is -0.356 e. The second-order valence-electron chi connectivity index (χ2n) is 9.71. The molecule has 0 saturated heterocycles. The highest BCUT2D eigenvalue weighted by molar-refractivity contribution is 7.93. The molecule has 2 heterocycles. The number of aromatic nitrogens is 2. The normalized spacial score (nSPS) is 14.9. The molecule has 0 spiro atoms. The van der Waals surface area contributed by atoms with Crippen molar-refractivity contribution in [3.63, 3.8) is 0 Å². The molecule has 1 aliphatic rings. The van der Waals surface area contributed by atoms with Crippen LogP contribution in [0.25, 0.3) is 11.1 Å². The zero-order valence-corrected chi connectivity index (χ0v) is 24.6. The second kappa shape index (κ2) is 11.6. The van der Waals surface area contributed by atoms with Crippen LogP contribution in [0.4, 0.5) is 11.4 Å². The van der Waals surface area contributed by atoms with Gasteiger partial charge in [-0.1, -0.05) is 59.6 Å². The Labute approximate surface area is 247 Å². The molecule has 1 aromatic heterocycles.